The summed E-state index contributed by atoms with van der Waals surface area (Å²) >= 11 is 0. The minimum atomic E-state index is 0.421. The average molecular weight is 190 g/mol. The molecule has 14 heavy (non-hydrogen) atoms. The van der Waals surface area contributed by atoms with Crippen LogP contribution in [0.5, 0.6) is 0 Å². The number of rotatable bonds is 0. The SMILES string of the molecule is O=C1CC[C@H]2CC=C3CCCCC1[C@H]32. The van der Waals surface area contributed by atoms with E-state index >= 15 is 0 Å². The third-order valence-corrected chi connectivity index (χ3v) is 4.46. The van der Waals surface area contributed by atoms with Gasteiger partial charge in [-0.3, -0.25) is 4.79 Å². The van der Waals surface area contributed by atoms with E-state index < -0.39 is 0 Å². The highest BCUT2D eigenvalue weighted by atomic mass is 16.1. The molecule has 3 aliphatic rings. The van der Waals surface area contributed by atoms with Gasteiger partial charge in [0, 0.05) is 12.3 Å². The number of allylic oxidation sites excluding steroid dienone is 2. The standard InChI is InChI=1S/C13H18O/c14-12-8-7-10-6-5-9-3-1-2-4-11(12)13(9)10/h5,10-11,13H,1-4,6-8H2/t10-,11?,13-/m1/s1. The molecule has 0 bridgehead atoms. The number of carbonyl (C=O) groups excluding carboxylic acids is 1. The van der Waals surface area contributed by atoms with E-state index in [0.29, 0.717) is 17.6 Å². The lowest BCUT2D eigenvalue weighted by Crippen LogP contribution is -2.32. The molecular formula is C13H18O. The van der Waals surface area contributed by atoms with Crippen LogP contribution in [0.1, 0.15) is 44.9 Å². The highest BCUT2D eigenvalue weighted by Gasteiger charge is 2.42. The molecule has 0 aromatic carbocycles. The molecule has 0 N–H and O–H groups in total. The fourth-order valence-electron chi connectivity index (χ4n) is 3.79. The van der Waals surface area contributed by atoms with Crippen LogP contribution in [0.2, 0.25) is 0 Å². The molecule has 0 amide bonds. The highest BCUT2D eigenvalue weighted by Crippen LogP contribution is 2.49. The second-order valence-corrected chi connectivity index (χ2v) is 5.16. The normalized spacial score (nSPS) is 41.6. The summed E-state index contributed by atoms with van der Waals surface area (Å²) in [5.41, 5.74) is 1.64. The summed E-state index contributed by atoms with van der Waals surface area (Å²) in [4.78, 5) is 11.9. The Labute approximate surface area is 85.6 Å². The van der Waals surface area contributed by atoms with E-state index in [-0.39, 0.29) is 0 Å². The molecule has 2 saturated carbocycles. The van der Waals surface area contributed by atoms with Crippen molar-refractivity contribution in [2.45, 2.75) is 44.9 Å². The number of hydrogen-bond donors (Lipinski definition) is 0. The van der Waals surface area contributed by atoms with E-state index in [0.717, 1.165) is 12.3 Å². The van der Waals surface area contributed by atoms with Crippen LogP contribution in [0.25, 0.3) is 0 Å². The molecule has 0 heterocycles. The van der Waals surface area contributed by atoms with Gasteiger partial charge < -0.3 is 0 Å². The first-order valence-corrected chi connectivity index (χ1v) is 6.08. The van der Waals surface area contributed by atoms with Crippen LogP contribution in [0, 0.1) is 17.8 Å². The first-order chi connectivity index (χ1) is 6.86. The van der Waals surface area contributed by atoms with Crippen LogP contribution in [0.3, 0.4) is 0 Å². The Kier molecular flexibility index (Phi) is 2.00. The van der Waals surface area contributed by atoms with Gasteiger partial charge in [0.15, 0.2) is 0 Å². The van der Waals surface area contributed by atoms with Gasteiger partial charge in [-0.1, -0.05) is 18.1 Å². The van der Waals surface area contributed by atoms with Gasteiger partial charge in [0.1, 0.15) is 5.78 Å². The molecule has 0 radical (unpaired) electrons. The Hall–Kier alpha value is -0.590. The monoisotopic (exact) mass is 190 g/mol. The Morgan fingerprint density at radius 3 is 3.00 bits per heavy atom. The zero-order valence-corrected chi connectivity index (χ0v) is 8.67. The zero-order valence-electron chi connectivity index (χ0n) is 8.67. The van der Waals surface area contributed by atoms with Crippen molar-refractivity contribution >= 4 is 5.78 Å². The topological polar surface area (TPSA) is 17.1 Å². The van der Waals surface area contributed by atoms with Crippen molar-refractivity contribution in [1.29, 1.82) is 0 Å². The van der Waals surface area contributed by atoms with Gasteiger partial charge in [-0.2, -0.15) is 0 Å². The summed E-state index contributed by atoms with van der Waals surface area (Å²) in [6.45, 7) is 0. The Bertz CT molecular complexity index is 290. The van der Waals surface area contributed by atoms with Gasteiger partial charge in [-0.25, -0.2) is 0 Å². The van der Waals surface area contributed by atoms with Crippen molar-refractivity contribution in [2.75, 3.05) is 0 Å². The van der Waals surface area contributed by atoms with Crippen LogP contribution < -0.4 is 0 Å². The van der Waals surface area contributed by atoms with Gasteiger partial charge >= 0.3 is 0 Å². The van der Waals surface area contributed by atoms with Gasteiger partial charge in [0.05, 0.1) is 0 Å². The summed E-state index contributed by atoms with van der Waals surface area (Å²) in [6, 6.07) is 0. The maximum atomic E-state index is 11.9. The number of ketones is 1. The summed E-state index contributed by atoms with van der Waals surface area (Å²) in [5.74, 6) is 2.51. The van der Waals surface area contributed by atoms with E-state index in [9.17, 15) is 4.79 Å². The van der Waals surface area contributed by atoms with Gasteiger partial charge in [-0.05, 0) is 43.9 Å². The van der Waals surface area contributed by atoms with E-state index in [1.165, 1.54) is 38.5 Å². The highest BCUT2D eigenvalue weighted by molar-refractivity contribution is 5.82. The fourth-order valence-corrected chi connectivity index (χ4v) is 3.79. The molecule has 1 heteroatoms. The third kappa shape index (κ3) is 1.18. The first kappa shape index (κ1) is 8.70. The third-order valence-electron chi connectivity index (χ3n) is 4.46. The van der Waals surface area contributed by atoms with Crippen LogP contribution in [-0.2, 0) is 4.79 Å². The maximum Gasteiger partial charge on any atom is 0.136 e. The molecule has 0 spiro atoms. The van der Waals surface area contributed by atoms with Gasteiger partial charge in [-0.15, -0.1) is 0 Å². The molecule has 76 valence electrons. The molecule has 0 saturated heterocycles. The molecule has 3 aliphatic carbocycles. The van der Waals surface area contributed by atoms with Crippen LogP contribution in [0.15, 0.2) is 11.6 Å². The van der Waals surface area contributed by atoms with E-state index in [1.807, 2.05) is 0 Å². The number of hydrogen-bond acceptors (Lipinski definition) is 1. The van der Waals surface area contributed by atoms with Gasteiger partial charge in [0.25, 0.3) is 0 Å². The lowest BCUT2D eigenvalue weighted by molar-refractivity contribution is -0.127. The van der Waals surface area contributed by atoms with E-state index in [2.05, 4.69) is 6.08 Å². The Balaban J connectivity index is 1.94. The van der Waals surface area contributed by atoms with Crippen LogP contribution in [0.4, 0.5) is 0 Å². The summed E-state index contributed by atoms with van der Waals surface area (Å²) < 4.78 is 0. The van der Waals surface area contributed by atoms with Crippen molar-refractivity contribution in [3.63, 3.8) is 0 Å². The largest absolute Gasteiger partial charge is 0.299 e. The molecule has 0 aliphatic heterocycles. The quantitative estimate of drug-likeness (QED) is 0.536. The van der Waals surface area contributed by atoms with E-state index in [1.54, 1.807) is 5.57 Å². The van der Waals surface area contributed by atoms with Crippen molar-refractivity contribution in [1.82, 2.24) is 0 Å². The molecule has 1 unspecified atom stereocenters. The van der Waals surface area contributed by atoms with Gasteiger partial charge in [0.2, 0.25) is 0 Å². The Morgan fingerprint density at radius 1 is 1.14 bits per heavy atom. The van der Waals surface area contributed by atoms with Crippen LogP contribution in [-0.4, -0.2) is 5.78 Å². The number of Topliss-reactive ketones (excluding diaryl/α,β-unsaturated/α-hetero) is 1. The fraction of sp³-hybridized carbons (Fsp3) is 0.769. The summed E-state index contributed by atoms with van der Waals surface area (Å²) in [6.07, 6.45) is 10.8. The predicted molar refractivity (Wildman–Crippen MR) is 55.9 cm³/mol. The van der Waals surface area contributed by atoms with Crippen molar-refractivity contribution < 1.29 is 4.79 Å². The predicted octanol–water partition coefficient (Wildman–Crippen LogP) is 3.10. The van der Waals surface area contributed by atoms with E-state index in [4.69, 9.17) is 0 Å². The molecule has 1 nitrogen and oxygen atoms in total. The molecule has 0 aromatic heterocycles. The maximum absolute atomic E-state index is 11.9. The average Bonchev–Trinajstić information content (AvgIpc) is 2.46. The molecule has 3 atom stereocenters. The summed E-state index contributed by atoms with van der Waals surface area (Å²) in [5, 5.41) is 0. The zero-order chi connectivity index (χ0) is 9.54. The molecule has 3 rings (SSSR count). The molecule has 2 fully saturated rings. The molecule has 0 aromatic rings. The van der Waals surface area contributed by atoms with Crippen molar-refractivity contribution in [2.24, 2.45) is 17.8 Å². The van der Waals surface area contributed by atoms with Crippen LogP contribution >= 0.6 is 0 Å². The second kappa shape index (κ2) is 3.22. The van der Waals surface area contributed by atoms with Crippen molar-refractivity contribution in [3.8, 4) is 0 Å². The van der Waals surface area contributed by atoms with Crippen molar-refractivity contribution in [3.05, 3.63) is 11.6 Å². The smallest absolute Gasteiger partial charge is 0.136 e. The first-order valence-electron chi connectivity index (χ1n) is 6.08. The lowest BCUT2D eigenvalue weighted by atomic mass is 9.70. The number of carbonyl (C=O) groups is 1. The lowest BCUT2D eigenvalue weighted by Gasteiger charge is -2.33. The molecular weight excluding hydrogens is 172 g/mol. The minimum Gasteiger partial charge on any atom is -0.299 e. The minimum absolute atomic E-state index is 0.421. The second-order valence-electron chi connectivity index (χ2n) is 5.16. The summed E-state index contributed by atoms with van der Waals surface area (Å²) in [7, 11) is 0. The Morgan fingerprint density at radius 2 is 2.07 bits per heavy atom.